The smallest absolute Gasteiger partial charge is 0.252 e. The molecule has 0 saturated heterocycles. The SMILES string of the molecule is COc1ccc(/C=C(/C(=O)NCc2csc(-c3ccccc3C)n2)c2ccccc2)cc1. The number of rotatable bonds is 7. The van der Waals surface area contributed by atoms with E-state index in [1.165, 1.54) is 5.56 Å². The van der Waals surface area contributed by atoms with Crippen molar-refractivity contribution in [2.45, 2.75) is 13.5 Å². The molecule has 160 valence electrons. The van der Waals surface area contributed by atoms with Crippen LogP contribution in [0.4, 0.5) is 0 Å². The van der Waals surface area contributed by atoms with Gasteiger partial charge in [-0.1, -0.05) is 66.7 Å². The number of nitrogens with one attached hydrogen (secondary N) is 1. The number of thiazole rings is 1. The van der Waals surface area contributed by atoms with Crippen LogP contribution >= 0.6 is 11.3 Å². The first-order chi connectivity index (χ1) is 15.6. The normalized spacial score (nSPS) is 11.2. The summed E-state index contributed by atoms with van der Waals surface area (Å²) in [5.41, 5.74) is 5.55. The van der Waals surface area contributed by atoms with Crippen LogP contribution in [-0.2, 0) is 11.3 Å². The average molecular weight is 441 g/mol. The molecule has 0 atom stereocenters. The molecule has 3 aromatic carbocycles. The molecule has 0 radical (unpaired) electrons. The third-order valence-corrected chi connectivity index (χ3v) is 6.04. The Hall–Kier alpha value is -3.70. The lowest BCUT2D eigenvalue weighted by molar-refractivity contribution is -0.115. The zero-order valence-corrected chi connectivity index (χ0v) is 18.9. The summed E-state index contributed by atoms with van der Waals surface area (Å²) in [6, 6.07) is 25.5. The highest BCUT2D eigenvalue weighted by Gasteiger charge is 2.13. The molecule has 4 nitrogen and oxygen atoms in total. The molecule has 1 N–H and O–H groups in total. The number of aromatic nitrogens is 1. The molecule has 5 heteroatoms. The molecule has 4 rings (SSSR count). The fraction of sp³-hybridized carbons (Fsp3) is 0.111. The number of benzene rings is 3. The topological polar surface area (TPSA) is 51.2 Å². The highest BCUT2D eigenvalue weighted by Crippen LogP contribution is 2.27. The van der Waals surface area contributed by atoms with Crippen molar-refractivity contribution in [3.63, 3.8) is 0 Å². The number of carbonyl (C=O) groups excluding carboxylic acids is 1. The van der Waals surface area contributed by atoms with Gasteiger partial charge in [-0.2, -0.15) is 0 Å². The van der Waals surface area contributed by atoms with Gasteiger partial charge in [0.2, 0.25) is 0 Å². The minimum absolute atomic E-state index is 0.141. The Bertz CT molecular complexity index is 1230. The predicted molar refractivity (Wildman–Crippen MR) is 131 cm³/mol. The van der Waals surface area contributed by atoms with E-state index in [1.54, 1.807) is 18.4 Å². The molecule has 1 aromatic heterocycles. The van der Waals surface area contributed by atoms with Gasteiger partial charge in [0.05, 0.1) is 19.3 Å². The number of hydrogen-bond acceptors (Lipinski definition) is 4. The number of aryl methyl sites for hydroxylation is 1. The summed E-state index contributed by atoms with van der Waals surface area (Å²) in [5, 5.41) is 5.99. The van der Waals surface area contributed by atoms with Crippen LogP contribution in [0.15, 0.2) is 84.2 Å². The van der Waals surface area contributed by atoms with Gasteiger partial charge in [-0.05, 0) is 41.8 Å². The zero-order valence-electron chi connectivity index (χ0n) is 18.0. The van der Waals surface area contributed by atoms with Crippen molar-refractivity contribution in [1.82, 2.24) is 10.3 Å². The largest absolute Gasteiger partial charge is 0.497 e. The van der Waals surface area contributed by atoms with E-state index in [0.717, 1.165) is 33.1 Å². The van der Waals surface area contributed by atoms with Crippen molar-refractivity contribution >= 4 is 28.9 Å². The minimum Gasteiger partial charge on any atom is -0.497 e. The lowest BCUT2D eigenvalue weighted by atomic mass is 10.0. The van der Waals surface area contributed by atoms with Crippen molar-refractivity contribution < 1.29 is 9.53 Å². The summed E-state index contributed by atoms with van der Waals surface area (Å²) in [4.78, 5) is 17.9. The summed E-state index contributed by atoms with van der Waals surface area (Å²) < 4.78 is 5.23. The van der Waals surface area contributed by atoms with Crippen LogP contribution in [0.3, 0.4) is 0 Å². The van der Waals surface area contributed by atoms with Crippen LogP contribution in [0.1, 0.15) is 22.4 Å². The molecule has 4 aromatic rings. The van der Waals surface area contributed by atoms with E-state index in [4.69, 9.17) is 9.72 Å². The van der Waals surface area contributed by atoms with Gasteiger partial charge in [0.25, 0.3) is 5.91 Å². The summed E-state index contributed by atoms with van der Waals surface area (Å²) in [5.74, 6) is 0.637. The van der Waals surface area contributed by atoms with Crippen LogP contribution in [0.2, 0.25) is 0 Å². The second-order valence-corrected chi connectivity index (χ2v) is 8.20. The predicted octanol–water partition coefficient (Wildman–Crippen LogP) is 5.98. The monoisotopic (exact) mass is 440 g/mol. The third-order valence-electron chi connectivity index (χ3n) is 5.11. The van der Waals surface area contributed by atoms with Crippen LogP contribution in [0.25, 0.3) is 22.2 Å². The second kappa shape index (κ2) is 10.1. The lowest BCUT2D eigenvalue weighted by Crippen LogP contribution is -2.24. The molecule has 32 heavy (non-hydrogen) atoms. The molecular formula is C27H24N2O2S. The maximum absolute atomic E-state index is 13.1. The second-order valence-electron chi connectivity index (χ2n) is 7.34. The lowest BCUT2D eigenvalue weighted by Gasteiger charge is -2.09. The molecule has 0 unspecified atom stereocenters. The first-order valence-corrected chi connectivity index (χ1v) is 11.2. The summed E-state index contributed by atoms with van der Waals surface area (Å²) in [7, 11) is 1.64. The van der Waals surface area contributed by atoms with Gasteiger partial charge < -0.3 is 10.1 Å². The fourth-order valence-electron chi connectivity index (χ4n) is 3.36. The van der Waals surface area contributed by atoms with Gasteiger partial charge >= 0.3 is 0 Å². The molecule has 0 aliphatic carbocycles. The van der Waals surface area contributed by atoms with Crippen molar-refractivity contribution in [3.8, 4) is 16.3 Å². The number of methoxy groups -OCH3 is 1. The van der Waals surface area contributed by atoms with E-state index in [2.05, 4.69) is 24.4 Å². The van der Waals surface area contributed by atoms with E-state index in [0.29, 0.717) is 12.1 Å². The van der Waals surface area contributed by atoms with Crippen molar-refractivity contribution in [3.05, 3.63) is 107 Å². The fourth-order valence-corrected chi connectivity index (χ4v) is 4.26. The highest BCUT2D eigenvalue weighted by molar-refractivity contribution is 7.13. The molecule has 0 bridgehead atoms. The van der Waals surface area contributed by atoms with Crippen molar-refractivity contribution in [2.24, 2.45) is 0 Å². The maximum atomic E-state index is 13.1. The number of hydrogen-bond donors (Lipinski definition) is 1. The number of carbonyl (C=O) groups is 1. The first-order valence-electron chi connectivity index (χ1n) is 10.3. The van der Waals surface area contributed by atoms with Crippen LogP contribution in [0.5, 0.6) is 5.75 Å². The Morgan fingerprint density at radius 1 is 1.00 bits per heavy atom. The standard InChI is InChI=1S/C27H24N2O2S/c1-19-8-6-7-11-24(19)27-29-22(18-32-27)17-28-26(30)25(21-9-4-3-5-10-21)16-20-12-14-23(31-2)15-13-20/h3-16,18H,17H2,1-2H3,(H,28,30)/b25-16+. The van der Waals surface area contributed by atoms with Gasteiger partial charge in [0, 0.05) is 16.5 Å². The molecule has 1 amide bonds. The van der Waals surface area contributed by atoms with Gasteiger partial charge in [-0.25, -0.2) is 4.98 Å². The third kappa shape index (κ3) is 5.13. The average Bonchev–Trinajstić information content (AvgIpc) is 3.31. The quantitative estimate of drug-likeness (QED) is 0.284. The molecule has 0 aliphatic heterocycles. The van der Waals surface area contributed by atoms with Gasteiger partial charge in [-0.3, -0.25) is 4.79 Å². The maximum Gasteiger partial charge on any atom is 0.252 e. The summed E-state index contributed by atoms with van der Waals surface area (Å²) in [6.45, 7) is 2.45. The van der Waals surface area contributed by atoms with Crippen molar-refractivity contribution in [2.75, 3.05) is 7.11 Å². The van der Waals surface area contributed by atoms with E-state index >= 15 is 0 Å². The molecule has 0 saturated carbocycles. The van der Waals surface area contributed by atoms with Crippen molar-refractivity contribution in [1.29, 1.82) is 0 Å². The van der Waals surface area contributed by atoms with E-state index < -0.39 is 0 Å². The molecule has 1 heterocycles. The van der Waals surface area contributed by atoms with Crippen LogP contribution in [0, 0.1) is 6.92 Å². The zero-order chi connectivity index (χ0) is 22.3. The van der Waals surface area contributed by atoms with E-state index in [-0.39, 0.29) is 5.91 Å². The van der Waals surface area contributed by atoms with Gasteiger partial charge in [-0.15, -0.1) is 11.3 Å². The first kappa shape index (κ1) is 21.5. The Kier molecular flexibility index (Phi) is 6.78. The highest BCUT2D eigenvalue weighted by atomic mass is 32.1. The summed E-state index contributed by atoms with van der Waals surface area (Å²) in [6.07, 6.45) is 1.89. The molecule has 0 spiro atoms. The Balaban J connectivity index is 1.53. The van der Waals surface area contributed by atoms with Gasteiger partial charge in [0.1, 0.15) is 10.8 Å². The molecule has 0 fully saturated rings. The number of ether oxygens (including phenoxy) is 1. The Morgan fingerprint density at radius 3 is 2.44 bits per heavy atom. The Morgan fingerprint density at radius 2 is 1.72 bits per heavy atom. The number of nitrogens with zero attached hydrogens (tertiary/aromatic N) is 1. The minimum atomic E-state index is -0.141. The van der Waals surface area contributed by atoms with Gasteiger partial charge in [0.15, 0.2) is 0 Å². The molecular weight excluding hydrogens is 416 g/mol. The van der Waals surface area contributed by atoms with E-state index in [1.807, 2.05) is 78.2 Å². The van der Waals surface area contributed by atoms with Crippen LogP contribution < -0.4 is 10.1 Å². The Labute approximate surface area is 192 Å². The van der Waals surface area contributed by atoms with Crippen LogP contribution in [-0.4, -0.2) is 18.0 Å². The number of amides is 1. The molecule has 0 aliphatic rings. The van der Waals surface area contributed by atoms with E-state index in [9.17, 15) is 4.79 Å². The summed E-state index contributed by atoms with van der Waals surface area (Å²) >= 11 is 1.59.